The summed E-state index contributed by atoms with van der Waals surface area (Å²) in [6.07, 6.45) is 11.0. The van der Waals surface area contributed by atoms with Crippen molar-refractivity contribution in [3.63, 3.8) is 0 Å². The molecule has 4 N–H and O–H groups in total. The van der Waals surface area contributed by atoms with Crippen LogP contribution in [0.4, 0.5) is 0 Å². The molecule has 1 aliphatic carbocycles. The molecule has 0 spiro atoms. The highest BCUT2D eigenvalue weighted by atomic mass is 16.6. The summed E-state index contributed by atoms with van der Waals surface area (Å²) in [6, 6.07) is -1.19. The highest BCUT2D eigenvalue weighted by Crippen LogP contribution is 2.39. The topological polar surface area (TPSA) is 243 Å². The number of hydrogen-bond acceptors (Lipinski definition) is 17. The number of Topliss-reactive ketones (excluding diaryl/α,β-unsaturated/α-hetero) is 3. The summed E-state index contributed by atoms with van der Waals surface area (Å²) in [5, 5.41) is 42.9. The van der Waals surface area contributed by atoms with E-state index in [1.807, 2.05) is 51.2 Å². The second-order valence-electron chi connectivity index (χ2n) is 23.2. The molecule has 18 nitrogen and oxygen atoms in total. The monoisotopic (exact) mass is 1100 g/mol. The molecular formula is C60H97NO17. The number of amides is 1. The van der Waals surface area contributed by atoms with Crippen LogP contribution in [0.3, 0.4) is 0 Å². The number of cyclic esters (lactones) is 1. The first kappa shape index (κ1) is 67.0. The van der Waals surface area contributed by atoms with Gasteiger partial charge in [-0.15, -0.1) is 0 Å². The van der Waals surface area contributed by atoms with Crippen molar-refractivity contribution in [3.8, 4) is 0 Å². The molecule has 2 saturated heterocycles. The first-order chi connectivity index (χ1) is 37.0. The maximum atomic E-state index is 14.7. The predicted octanol–water partition coefficient (Wildman–Crippen LogP) is 6.37. The number of aliphatic hydroxyl groups is 4. The molecular weight excluding hydrogens is 1010 g/mol. The van der Waals surface area contributed by atoms with Crippen LogP contribution in [0.2, 0.25) is 0 Å². The number of ether oxygens (including phenoxy) is 8. The van der Waals surface area contributed by atoms with Gasteiger partial charge in [0.2, 0.25) is 5.79 Å². The normalized spacial score (nSPS) is 35.9. The summed E-state index contributed by atoms with van der Waals surface area (Å²) in [5.41, 5.74) is 0.195. The Morgan fingerprint density at radius 2 is 1.53 bits per heavy atom. The highest BCUT2D eigenvalue weighted by molar-refractivity contribution is 6.39. The molecule has 15 atom stereocenters. The van der Waals surface area contributed by atoms with E-state index in [0.717, 1.165) is 12.0 Å². The second kappa shape index (κ2) is 32.8. The van der Waals surface area contributed by atoms with Crippen LogP contribution < -0.4 is 0 Å². The zero-order chi connectivity index (χ0) is 57.7. The third-order valence-electron chi connectivity index (χ3n) is 16.2. The molecule has 0 aromatic rings. The average Bonchev–Trinajstić information content (AvgIpc) is 3.42. The minimum absolute atomic E-state index is 0.0268. The first-order valence-corrected chi connectivity index (χ1v) is 28.6. The van der Waals surface area contributed by atoms with Gasteiger partial charge in [0.1, 0.15) is 30.1 Å². The Labute approximate surface area is 464 Å². The number of carbonyl (C=O) groups excluding carboxylic acids is 5. The van der Waals surface area contributed by atoms with Crippen molar-refractivity contribution in [2.24, 2.45) is 35.5 Å². The molecule has 4 rings (SSSR count). The maximum absolute atomic E-state index is 14.7. The van der Waals surface area contributed by atoms with E-state index in [0.29, 0.717) is 83.4 Å². The fourth-order valence-corrected chi connectivity index (χ4v) is 11.2. The molecule has 0 aromatic carbocycles. The van der Waals surface area contributed by atoms with Gasteiger partial charge in [-0.05, 0) is 121 Å². The summed E-state index contributed by atoms with van der Waals surface area (Å²) in [7, 11) is 3.02. The average molecular weight is 1100 g/mol. The number of carbonyl (C=O) groups is 5. The van der Waals surface area contributed by atoms with Gasteiger partial charge < -0.3 is 63.2 Å². The number of methoxy groups -OCH3 is 2. The third kappa shape index (κ3) is 19.9. The Balaban J connectivity index is 1.67. The maximum Gasteiger partial charge on any atom is 0.329 e. The molecule has 2 bridgehead atoms. The molecule has 3 heterocycles. The summed E-state index contributed by atoms with van der Waals surface area (Å²) < 4.78 is 47.7. The van der Waals surface area contributed by atoms with E-state index < -0.39 is 83.4 Å². The lowest BCUT2D eigenvalue weighted by Gasteiger charge is -2.43. The number of esters is 1. The van der Waals surface area contributed by atoms with Crippen molar-refractivity contribution < 1.29 is 82.3 Å². The van der Waals surface area contributed by atoms with Gasteiger partial charge in [0.25, 0.3) is 11.7 Å². The number of piperidine rings is 1. The Hall–Kier alpha value is -3.53. The van der Waals surface area contributed by atoms with Gasteiger partial charge >= 0.3 is 5.97 Å². The number of nitrogens with zero attached hydrogens (tertiary/aromatic N) is 1. The van der Waals surface area contributed by atoms with Crippen molar-refractivity contribution in [2.45, 2.75) is 200 Å². The SMILES string of the molecule is CO[C@@H]1C[C@H](C[C@@H](C)[C@@H]2CC(=O)[C@H](C)/C=C(\C)[C@@H](O)[C@@H](OC)C(=O)[C@H](C)C[C@H](C)/C=C/C=C/C=C(\C)[C@H](OC(C)(C)CO)C[C@@H]3CC[C@@H](C)[C@@](O)(O3)C(=O)C(=O)N3CCCC[C@H]3C(=O)O2)CC[C@H]1OCCOCCOCCO. The largest absolute Gasteiger partial charge is 0.460 e. The zero-order valence-corrected chi connectivity index (χ0v) is 48.7. The minimum Gasteiger partial charge on any atom is -0.460 e. The van der Waals surface area contributed by atoms with Crippen molar-refractivity contribution in [1.82, 2.24) is 4.90 Å². The molecule has 0 aromatic heterocycles. The molecule has 3 aliphatic heterocycles. The summed E-state index contributed by atoms with van der Waals surface area (Å²) in [6.45, 7) is 17.6. The fraction of sp³-hybridized carbons (Fsp3) is 0.783. The van der Waals surface area contributed by atoms with Crippen LogP contribution in [-0.2, 0) is 61.9 Å². The van der Waals surface area contributed by atoms with Crippen LogP contribution in [0.25, 0.3) is 0 Å². The number of aliphatic hydroxyl groups excluding tert-OH is 3. The summed E-state index contributed by atoms with van der Waals surface area (Å²) >= 11 is 0. The van der Waals surface area contributed by atoms with Crippen LogP contribution >= 0.6 is 0 Å². The van der Waals surface area contributed by atoms with Gasteiger partial charge in [0.05, 0.1) is 76.3 Å². The van der Waals surface area contributed by atoms with E-state index in [1.165, 1.54) is 12.0 Å². The molecule has 4 aliphatic rings. The van der Waals surface area contributed by atoms with E-state index in [2.05, 4.69) is 0 Å². The lowest BCUT2D eigenvalue weighted by Crippen LogP contribution is -2.61. The third-order valence-corrected chi connectivity index (χ3v) is 16.2. The van der Waals surface area contributed by atoms with Crippen molar-refractivity contribution in [3.05, 3.63) is 47.6 Å². The zero-order valence-electron chi connectivity index (χ0n) is 48.7. The van der Waals surface area contributed by atoms with Gasteiger partial charge in [-0.2, -0.15) is 0 Å². The summed E-state index contributed by atoms with van der Waals surface area (Å²) in [5.74, 6) is -8.38. The van der Waals surface area contributed by atoms with Crippen LogP contribution in [0.15, 0.2) is 47.6 Å². The summed E-state index contributed by atoms with van der Waals surface area (Å²) in [4.78, 5) is 73.1. The van der Waals surface area contributed by atoms with E-state index >= 15 is 0 Å². The molecule has 0 radical (unpaired) electrons. The molecule has 18 heteroatoms. The van der Waals surface area contributed by atoms with Gasteiger partial charge in [-0.25, -0.2) is 4.79 Å². The Bertz CT molecular complexity index is 2040. The minimum atomic E-state index is -2.51. The molecule has 1 saturated carbocycles. The number of ketones is 3. The first-order valence-electron chi connectivity index (χ1n) is 28.6. The van der Waals surface area contributed by atoms with Crippen LogP contribution in [-0.4, -0.2) is 182 Å². The quantitative estimate of drug-likeness (QED) is 0.0535. The van der Waals surface area contributed by atoms with Gasteiger partial charge in [0, 0.05) is 51.4 Å². The second-order valence-corrected chi connectivity index (χ2v) is 23.2. The molecule has 0 unspecified atom stereocenters. The smallest absolute Gasteiger partial charge is 0.329 e. The van der Waals surface area contributed by atoms with E-state index in [4.69, 9.17) is 43.0 Å². The van der Waals surface area contributed by atoms with E-state index in [9.17, 15) is 39.3 Å². The number of rotatable bonds is 17. The van der Waals surface area contributed by atoms with Gasteiger partial charge in [-0.3, -0.25) is 19.2 Å². The van der Waals surface area contributed by atoms with Crippen molar-refractivity contribution in [1.29, 1.82) is 0 Å². The fourth-order valence-electron chi connectivity index (χ4n) is 11.2. The predicted molar refractivity (Wildman–Crippen MR) is 293 cm³/mol. The lowest BCUT2D eigenvalue weighted by molar-refractivity contribution is -0.267. The van der Waals surface area contributed by atoms with Crippen LogP contribution in [0.5, 0.6) is 0 Å². The van der Waals surface area contributed by atoms with Crippen molar-refractivity contribution in [2.75, 3.05) is 67.0 Å². The Morgan fingerprint density at radius 1 is 0.821 bits per heavy atom. The van der Waals surface area contributed by atoms with Gasteiger partial charge in [0.15, 0.2) is 5.78 Å². The lowest BCUT2D eigenvalue weighted by atomic mass is 9.78. The van der Waals surface area contributed by atoms with Crippen molar-refractivity contribution >= 4 is 29.2 Å². The standard InChI is InChI=1S/C60H97NO17/c1-38-17-13-12-14-18-39(2)51(78-59(8,9)37-63)35-46-22-20-44(7)60(70,77-46)56(67)57(68)61-24-16-15-19-47(61)58(69)76-50(36-48(64)40(3)32-43(6)54(66)55(72-11)53(65)42(5)31-38)41(4)33-45-21-23-49(52(34-45)71-10)75-30-29-74-28-27-73-26-25-62/h12-14,17-18,32,38,40-42,44-47,49-52,54-55,62-63,66,70H,15-16,19-31,33-37H2,1-11H3/b14-12+,17-13+,39-18+,43-32+/t38-,40-,41-,42-,44-,45+,46+,47+,49-,50+,51-,52-,54-,55+,60-/m1/s1. The Morgan fingerprint density at radius 3 is 2.21 bits per heavy atom. The molecule has 78 heavy (non-hydrogen) atoms. The highest BCUT2D eigenvalue weighted by Gasteiger charge is 2.53. The Kier molecular flexibility index (Phi) is 28.2. The number of hydrogen-bond donors (Lipinski definition) is 4. The van der Waals surface area contributed by atoms with E-state index in [-0.39, 0.29) is 87.2 Å². The molecule has 3 fully saturated rings. The number of allylic oxidation sites excluding steroid dienone is 6. The molecule has 444 valence electrons. The molecule has 1 amide bonds. The van der Waals surface area contributed by atoms with Crippen LogP contribution in [0.1, 0.15) is 139 Å². The van der Waals surface area contributed by atoms with Crippen LogP contribution in [0, 0.1) is 35.5 Å². The van der Waals surface area contributed by atoms with E-state index in [1.54, 1.807) is 54.7 Å². The number of fused-ring (bicyclic) bond motifs is 3. The van der Waals surface area contributed by atoms with Gasteiger partial charge in [-0.1, -0.05) is 71.1 Å².